The molecule has 1 aromatic heterocycles. The molecule has 0 bridgehead atoms. The fraction of sp³-hybridized carbons (Fsp3) is 0.440. The number of hydrogen-bond donors (Lipinski definition) is 2. The summed E-state index contributed by atoms with van der Waals surface area (Å²) in [5, 5.41) is 2.81. The lowest BCUT2D eigenvalue weighted by Crippen LogP contribution is -2.49. The minimum absolute atomic E-state index is 0.00400. The molecule has 1 saturated heterocycles. The van der Waals surface area contributed by atoms with Gasteiger partial charge in [0.15, 0.2) is 5.75 Å². The number of para-hydroxylation sites is 1. The molecule has 2 aliphatic rings. The van der Waals surface area contributed by atoms with E-state index in [1.54, 1.807) is 4.90 Å². The van der Waals surface area contributed by atoms with Crippen LogP contribution in [0.5, 0.6) is 5.75 Å². The van der Waals surface area contributed by atoms with E-state index >= 15 is 0 Å². The predicted molar refractivity (Wildman–Crippen MR) is 135 cm³/mol. The molecule has 10 nitrogen and oxygen atoms in total. The van der Waals surface area contributed by atoms with Crippen LogP contribution in [-0.2, 0) is 16.1 Å². The Kier molecular flexibility index (Phi) is 7.83. The number of amides is 3. The van der Waals surface area contributed by atoms with Crippen molar-refractivity contribution in [1.29, 1.82) is 0 Å². The quantitative estimate of drug-likeness (QED) is 0.573. The van der Waals surface area contributed by atoms with Gasteiger partial charge in [-0.3, -0.25) is 9.69 Å². The van der Waals surface area contributed by atoms with Crippen LogP contribution in [0.3, 0.4) is 0 Å². The number of carbonyl (C=O) groups is 3. The molecule has 1 aromatic carbocycles. The van der Waals surface area contributed by atoms with E-state index in [-0.39, 0.29) is 30.4 Å². The maximum absolute atomic E-state index is 12.5. The van der Waals surface area contributed by atoms with Gasteiger partial charge in [-0.05, 0) is 31.2 Å². The number of carbonyl (C=O) groups excluding carboxylic acids is 3. The average molecular weight is 516 g/mol. The van der Waals surface area contributed by atoms with E-state index in [0.29, 0.717) is 43.2 Å². The molecule has 11 heteroatoms. The van der Waals surface area contributed by atoms with Gasteiger partial charge in [-0.1, -0.05) is 43.6 Å². The van der Waals surface area contributed by atoms with E-state index < -0.39 is 18.0 Å². The van der Waals surface area contributed by atoms with Crippen LogP contribution >= 0.6 is 11.6 Å². The van der Waals surface area contributed by atoms with Crippen LogP contribution in [0.2, 0.25) is 5.02 Å². The number of halogens is 1. The maximum atomic E-state index is 12.5. The van der Waals surface area contributed by atoms with Gasteiger partial charge in [-0.25, -0.2) is 14.6 Å². The molecule has 3 N–H and O–H groups in total. The third kappa shape index (κ3) is 5.81. The van der Waals surface area contributed by atoms with E-state index in [0.717, 1.165) is 11.3 Å². The summed E-state index contributed by atoms with van der Waals surface area (Å²) < 4.78 is 10.6. The van der Waals surface area contributed by atoms with Gasteiger partial charge in [0.2, 0.25) is 5.91 Å². The Morgan fingerprint density at radius 3 is 2.67 bits per heavy atom. The standard InChI is InChI=1S/C25H30ClN5O5/c1-15(2)11-20(22(27)32)29-24(33)36-18-12-19(26)23(28-13-18)30-9-7-17(8-10-30)31-21-6-4-3-5-16(21)14-35-25(31)34/h3-6,12-13,15,17,20H,7-11,14H2,1-2H3,(H2,27,32)(H,29,33)/t20-/m0/s1. The number of anilines is 2. The number of nitrogens with two attached hydrogens (primary N) is 1. The molecule has 0 radical (unpaired) electrons. The summed E-state index contributed by atoms with van der Waals surface area (Å²) in [5.41, 5.74) is 7.26. The van der Waals surface area contributed by atoms with Crippen molar-refractivity contribution < 1.29 is 23.9 Å². The number of rotatable bonds is 7. The van der Waals surface area contributed by atoms with E-state index in [4.69, 9.17) is 26.8 Å². The first kappa shape index (κ1) is 25.6. The number of nitrogens with zero attached hydrogens (tertiary/aromatic N) is 3. The number of hydrogen-bond acceptors (Lipinski definition) is 7. The van der Waals surface area contributed by atoms with Crippen LogP contribution < -0.4 is 25.6 Å². The Morgan fingerprint density at radius 1 is 1.28 bits per heavy atom. The second-order valence-corrected chi connectivity index (χ2v) is 9.77. The number of piperidine rings is 1. The van der Waals surface area contributed by atoms with Gasteiger partial charge in [0.25, 0.3) is 0 Å². The molecule has 36 heavy (non-hydrogen) atoms. The summed E-state index contributed by atoms with van der Waals surface area (Å²) >= 11 is 6.47. The second kappa shape index (κ2) is 11.0. The molecule has 0 unspecified atom stereocenters. The summed E-state index contributed by atoms with van der Waals surface area (Å²) in [6.45, 7) is 5.41. The van der Waals surface area contributed by atoms with Gasteiger partial charge >= 0.3 is 12.2 Å². The maximum Gasteiger partial charge on any atom is 0.414 e. The van der Waals surface area contributed by atoms with Crippen LogP contribution in [0.4, 0.5) is 21.1 Å². The Hall–Kier alpha value is -3.53. The third-order valence-electron chi connectivity index (χ3n) is 6.28. The molecule has 0 saturated carbocycles. The van der Waals surface area contributed by atoms with E-state index in [1.165, 1.54) is 12.3 Å². The molecule has 2 aromatic rings. The smallest absolute Gasteiger partial charge is 0.414 e. The van der Waals surface area contributed by atoms with Gasteiger partial charge in [0.05, 0.1) is 16.9 Å². The Labute approximate surface area is 214 Å². The zero-order chi connectivity index (χ0) is 25.8. The van der Waals surface area contributed by atoms with Crippen LogP contribution in [-0.4, -0.2) is 48.3 Å². The molecule has 1 fully saturated rings. The van der Waals surface area contributed by atoms with Crippen molar-refractivity contribution in [2.45, 2.75) is 51.8 Å². The minimum atomic E-state index is -0.828. The zero-order valence-corrected chi connectivity index (χ0v) is 21.0. The van der Waals surface area contributed by atoms with Crippen molar-refractivity contribution in [3.05, 3.63) is 47.1 Å². The number of primary amides is 1. The lowest BCUT2D eigenvalue weighted by atomic mass is 10.0. The summed E-state index contributed by atoms with van der Waals surface area (Å²) in [6, 6.07) is 8.46. The monoisotopic (exact) mass is 515 g/mol. The normalized spacial score (nSPS) is 16.8. The Bertz CT molecular complexity index is 1140. The van der Waals surface area contributed by atoms with E-state index in [2.05, 4.69) is 10.3 Å². The van der Waals surface area contributed by atoms with Gasteiger partial charge in [-0.15, -0.1) is 0 Å². The number of nitrogens with one attached hydrogen (secondary N) is 1. The van der Waals surface area contributed by atoms with Gasteiger partial charge in [0.1, 0.15) is 18.5 Å². The van der Waals surface area contributed by atoms with Gasteiger partial charge in [-0.2, -0.15) is 0 Å². The van der Waals surface area contributed by atoms with Crippen LogP contribution in [0, 0.1) is 5.92 Å². The van der Waals surface area contributed by atoms with Crippen molar-refractivity contribution in [3.8, 4) is 5.75 Å². The van der Waals surface area contributed by atoms with Crippen molar-refractivity contribution in [3.63, 3.8) is 0 Å². The summed E-state index contributed by atoms with van der Waals surface area (Å²) in [4.78, 5) is 44.5. The number of benzene rings is 1. The van der Waals surface area contributed by atoms with Gasteiger partial charge in [0, 0.05) is 30.8 Å². The molecular weight excluding hydrogens is 486 g/mol. The Balaban J connectivity index is 1.36. The van der Waals surface area contributed by atoms with Crippen molar-refractivity contribution in [2.24, 2.45) is 11.7 Å². The Morgan fingerprint density at radius 2 is 2.00 bits per heavy atom. The summed E-state index contributed by atoms with van der Waals surface area (Å²) in [7, 11) is 0. The topological polar surface area (TPSA) is 127 Å². The SMILES string of the molecule is CC(C)C[C@H](NC(=O)Oc1cnc(N2CCC(N3C(=O)OCc4ccccc43)CC2)c(Cl)c1)C(N)=O. The van der Waals surface area contributed by atoms with Crippen molar-refractivity contribution in [2.75, 3.05) is 22.9 Å². The molecule has 0 spiro atoms. The van der Waals surface area contributed by atoms with Crippen molar-refractivity contribution in [1.82, 2.24) is 10.3 Å². The van der Waals surface area contributed by atoms with Crippen LogP contribution in [0.25, 0.3) is 0 Å². The highest BCUT2D eigenvalue weighted by Gasteiger charge is 2.34. The molecule has 3 amide bonds. The average Bonchev–Trinajstić information content (AvgIpc) is 2.83. The molecule has 192 valence electrons. The fourth-order valence-electron chi connectivity index (χ4n) is 4.55. The van der Waals surface area contributed by atoms with E-state index in [1.807, 2.05) is 43.0 Å². The molecule has 3 heterocycles. The van der Waals surface area contributed by atoms with Crippen molar-refractivity contribution >= 4 is 41.2 Å². The highest BCUT2D eigenvalue weighted by molar-refractivity contribution is 6.33. The number of cyclic esters (lactones) is 1. The lowest BCUT2D eigenvalue weighted by molar-refractivity contribution is -0.120. The number of aromatic nitrogens is 1. The highest BCUT2D eigenvalue weighted by atomic mass is 35.5. The fourth-order valence-corrected chi connectivity index (χ4v) is 4.83. The van der Waals surface area contributed by atoms with E-state index in [9.17, 15) is 14.4 Å². The molecular formula is C25H30ClN5O5. The first-order valence-electron chi connectivity index (χ1n) is 11.9. The minimum Gasteiger partial charge on any atom is -0.444 e. The van der Waals surface area contributed by atoms with Gasteiger partial charge < -0.3 is 25.4 Å². The molecule has 4 rings (SSSR count). The number of ether oxygens (including phenoxy) is 2. The first-order valence-corrected chi connectivity index (χ1v) is 12.3. The van der Waals surface area contributed by atoms with Crippen LogP contribution in [0.1, 0.15) is 38.7 Å². The zero-order valence-electron chi connectivity index (χ0n) is 20.3. The molecule has 1 atom stereocenters. The number of pyridine rings is 1. The third-order valence-corrected chi connectivity index (χ3v) is 6.56. The van der Waals surface area contributed by atoms with Crippen LogP contribution in [0.15, 0.2) is 36.5 Å². The number of fused-ring (bicyclic) bond motifs is 1. The summed E-state index contributed by atoms with van der Waals surface area (Å²) in [5.74, 6) is 0.255. The lowest BCUT2D eigenvalue weighted by Gasteiger charge is -2.40. The summed E-state index contributed by atoms with van der Waals surface area (Å²) in [6.07, 6.45) is 2.11. The highest BCUT2D eigenvalue weighted by Crippen LogP contribution is 2.34. The largest absolute Gasteiger partial charge is 0.444 e. The first-order chi connectivity index (χ1) is 17.2. The molecule has 0 aliphatic carbocycles. The molecule has 2 aliphatic heterocycles. The predicted octanol–water partition coefficient (Wildman–Crippen LogP) is 3.85. The second-order valence-electron chi connectivity index (χ2n) is 9.37.